The van der Waals surface area contributed by atoms with Gasteiger partial charge in [-0.3, -0.25) is 4.79 Å². The van der Waals surface area contributed by atoms with Crippen molar-refractivity contribution in [1.82, 2.24) is 0 Å². The summed E-state index contributed by atoms with van der Waals surface area (Å²) in [6.07, 6.45) is 4.39. The van der Waals surface area contributed by atoms with Crippen LogP contribution in [0.4, 0.5) is 26.3 Å². The molecule has 0 amide bonds. The van der Waals surface area contributed by atoms with Crippen molar-refractivity contribution in [2.75, 3.05) is 0 Å². The molecule has 4 rings (SSSR count). The number of allylic oxidation sites excluding steroid dienone is 1. The van der Waals surface area contributed by atoms with Crippen molar-refractivity contribution in [3.8, 4) is 11.1 Å². The van der Waals surface area contributed by atoms with Gasteiger partial charge in [0.05, 0.1) is 5.92 Å². The van der Waals surface area contributed by atoms with Gasteiger partial charge < -0.3 is 4.74 Å². The number of hydrogen-bond acceptors (Lipinski definition) is 2. The first-order valence-electron chi connectivity index (χ1n) is 13.8. The minimum atomic E-state index is -4.71. The molecule has 0 saturated heterocycles. The number of carbonyl (C=O) groups excluding carboxylic acids is 1. The van der Waals surface area contributed by atoms with Gasteiger partial charge >= 0.3 is 12.1 Å². The molecule has 0 aromatic heterocycles. The fraction of sp³-hybridized carbons (Fsp3) is 0.516. The Morgan fingerprint density at radius 2 is 1.54 bits per heavy atom. The van der Waals surface area contributed by atoms with Gasteiger partial charge in [0.1, 0.15) is 23.6 Å². The minimum Gasteiger partial charge on any atom is -0.462 e. The maximum atomic E-state index is 15.0. The zero-order chi connectivity index (χ0) is 28.2. The highest BCUT2D eigenvalue weighted by molar-refractivity contribution is 5.72. The number of hydrogen-bond donors (Lipinski definition) is 0. The van der Waals surface area contributed by atoms with E-state index in [4.69, 9.17) is 4.74 Å². The van der Waals surface area contributed by atoms with E-state index in [0.717, 1.165) is 62.1 Å². The lowest BCUT2D eigenvalue weighted by Gasteiger charge is -2.31. The first-order chi connectivity index (χ1) is 18.5. The van der Waals surface area contributed by atoms with Crippen LogP contribution in [0.3, 0.4) is 0 Å². The van der Waals surface area contributed by atoms with E-state index in [0.29, 0.717) is 18.9 Å². The first-order valence-corrected chi connectivity index (χ1v) is 13.8. The van der Waals surface area contributed by atoms with Crippen LogP contribution in [0.2, 0.25) is 0 Å². The van der Waals surface area contributed by atoms with Crippen molar-refractivity contribution in [3.63, 3.8) is 0 Å². The predicted molar refractivity (Wildman–Crippen MR) is 138 cm³/mol. The van der Waals surface area contributed by atoms with E-state index in [2.05, 4.69) is 6.92 Å². The smallest absolute Gasteiger partial charge is 0.409 e. The van der Waals surface area contributed by atoms with E-state index in [-0.39, 0.29) is 41.1 Å². The third kappa shape index (κ3) is 7.67. The van der Waals surface area contributed by atoms with Gasteiger partial charge in [-0.05, 0) is 98.6 Å². The van der Waals surface area contributed by atoms with Crippen LogP contribution in [0.15, 0.2) is 36.4 Å². The van der Waals surface area contributed by atoms with Crippen molar-refractivity contribution < 1.29 is 35.9 Å². The molecule has 2 aliphatic carbocycles. The molecular formula is C31H34F6O2. The molecule has 0 bridgehead atoms. The van der Waals surface area contributed by atoms with Crippen LogP contribution in [0.25, 0.3) is 17.2 Å². The highest BCUT2D eigenvalue weighted by atomic mass is 19.4. The van der Waals surface area contributed by atoms with Gasteiger partial charge in [-0.15, -0.1) is 0 Å². The van der Waals surface area contributed by atoms with Gasteiger partial charge in [0, 0.05) is 17.2 Å². The molecule has 8 heteroatoms. The van der Waals surface area contributed by atoms with E-state index in [1.54, 1.807) is 6.07 Å². The summed E-state index contributed by atoms with van der Waals surface area (Å²) >= 11 is 0. The average Bonchev–Trinajstić information content (AvgIpc) is 2.88. The number of esters is 1. The Labute approximate surface area is 225 Å². The zero-order valence-corrected chi connectivity index (χ0v) is 22.0. The highest BCUT2D eigenvalue weighted by Crippen LogP contribution is 2.38. The summed E-state index contributed by atoms with van der Waals surface area (Å²) in [6.45, 7) is 2.19. The van der Waals surface area contributed by atoms with E-state index in [1.807, 2.05) is 0 Å². The van der Waals surface area contributed by atoms with Gasteiger partial charge in [-0.1, -0.05) is 31.9 Å². The number of alkyl halides is 3. The Kier molecular flexibility index (Phi) is 9.44. The van der Waals surface area contributed by atoms with E-state index in [9.17, 15) is 26.7 Å². The molecule has 0 unspecified atom stereocenters. The van der Waals surface area contributed by atoms with E-state index >= 15 is 4.39 Å². The fourth-order valence-corrected chi connectivity index (χ4v) is 5.97. The fourth-order valence-electron chi connectivity index (χ4n) is 5.97. The van der Waals surface area contributed by atoms with Gasteiger partial charge in [0.2, 0.25) is 0 Å². The molecule has 212 valence electrons. The van der Waals surface area contributed by atoms with Crippen LogP contribution >= 0.6 is 0 Å². The SMILES string of the molecule is CCCC1CCC(C(=O)OC2CCC(c3ccc(-c4cc(F)c(C=CC(F)(F)F)c(F)c4)c(F)c3)CC2)CC1. The van der Waals surface area contributed by atoms with Crippen LogP contribution in [0, 0.1) is 29.3 Å². The first kappa shape index (κ1) is 29.2. The Balaban J connectivity index is 1.34. The van der Waals surface area contributed by atoms with Crippen LogP contribution in [0.5, 0.6) is 0 Å². The molecule has 2 aromatic rings. The maximum Gasteiger partial charge on any atom is 0.409 e. The van der Waals surface area contributed by atoms with Crippen LogP contribution in [-0.4, -0.2) is 18.2 Å². The van der Waals surface area contributed by atoms with E-state index in [1.165, 1.54) is 25.0 Å². The lowest BCUT2D eigenvalue weighted by Crippen LogP contribution is -2.29. The van der Waals surface area contributed by atoms with Crippen molar-refractivity contribution in [3.05, 3.63) is 65.0 Å². The summed E-state index contributed by atoms with van der Waals surface area (Å²) < 4.78 is 86.7. The molecule has 0 radical (unpaired) electrons. The lowest BCUT2D eigenvalue weighted by molar-refractivity contribution is -0.157. The molecule has 0 aliphatic heterocycles. The van der Waals surface area contributed by atoms with Crippen LogP contribution in [0.1, 0.15) is 88.2 Å². The van der Waals surface area contributed by atoms with Crippen molar-refractivity contribution in [2.45, 2.75) is 89.3 Å². The number of halogens is 6. The van der Waals surface area contributed by atoms with E-state index < -0.39 is 29.2 Å². The summed E-state index contributed by atoms with van der Waals surface area (Å²) in [7, 11) is 0. The van der Waals surface area contributed by atoms with Gasteiger partial charge in [0.15, 0.2) is 0 Å². The molecule has 2 fully saturated rings. The summed E-state index contributed by atoms with van der Waals surface area (Å²) in [5.74, 6) is -2.41. The number of rotatable bonds is 7. The molecule has 0 atom stereocenters. The third-order valence-electron chi connectivity index (χ3n) is 8.13. The number of carbonyl (C=O) groups is 1. The van der Waals surface area contributed by atoms with Gasteiger partial charge in [-0.2, -0.15) is 13.2 Å². The number of benzene rings is 2. The average molecular weight is 553 g/mol. The normalized spacial score (nSPS) is 24.2. The van der Waals surface area contributed by atoms with Crippen molar-refractivity contribution >= 4 is 12.0 Å². The van der Waals surface area contributed by atoms with Crippen LogP contribution < -0.4 is 0 Å². The summed E-state index contributed by atoms with van der Waals surface area (Å²) in [6, 6.07) is 6.14. The molecule has 0 N–H and O–H groups in total. The Morgan fingerprint density at radius 3 is 2.10 bits per heavy atom. The quantitative estimate of drug-likeness (QED) is 0.253. The molecule has 2 nitrogen and oxygen atoms in total. The second-order valence-corrected chi connectivity index (χ2v) is 10.9. The molecule has 2 saturated carbocycles. The molecule has 2 aromatic carbocycles. The highest BCUT2D eigenvalue weighted by Gasteiger charge is 2.31. The zero-order valence-electron chi connectivity index (χ0n) is 22.0. The van der Waals surface area contributed by atoms with Crippen molar-refractivity contribution in [2.24, 2.45) is 11.8 Å². The Hall–Kier alpha value is -2.77. The lowest BCUT2D eigenvalue weighted by atomic mass is 9.80. The van der Waals surface area contributed by atoms with Gasteiger partial charge in [0.25, 0.3) is 0 Å². The standard InChI is InChI=1S/C31H34F6O2/c1-2-3-19-4-6-21(7-5-19)30(38)39-24-11-8-20(9-12-24)22-10-13-25(27(32)16-22)23-17-28(33)26(29(34)18-23)14-15-31(35,36)37/h10,13-21,24H,2-9,11-12H2,1H3. The van der Waals surface area contributed by atoms with Crippen molar-refractivity contribution in [1.29, 1.82) is 0 Å². The second-order valence-electron chi connectivity index (χ2n) is 10.9. The monoisotopic (exact) mass is 552 g/mol. The van der Waals surface area contributed by atoms with Crippen LogP contribution in [-0.2, 0) is 9.53 Å². The summed E-state index contributed by atoms with van der Waals surface area (Å²) in [5, 5.41) is 0. The summed E-state index contributed by atoms with van der Waals surface area (Å²) in [5.41, 5.74) is -0.229. The number of ether oxygens (including phenoxy) is 1. The minimum absolute atomic E-state index is 0.0122. The molecule has 39 heavy (non-hydrogen) atoms. The second kappa shape index (κ2) is 12.6. The summed E-state index contributed by atoms with van der Waals surface area (Å²) in [4.78, 5) is 12.7. The Bertz CT molecular complexity index is 1150. The third-order valence-corrected chi connectivity index (χ3v) is 8.13. The molecule has 0 heterocycles. The molecule has 2 aliphatic rings. The topological polar surface area (TPSA) is 26.3 Å². The molecular weight excluding hydrogens is 518 g/mol. The Morgan fingerprint density at radius 1 is 0.897 bits per heavy atom. The predicted octanol–water partition coefficient (Wildman–Crippen LogP) is 9.52. The largest absolute Gasteiger partial charge is 0.462 e. The maximum absolute atomic E-state index is 15.0. The van der Waals surface area contributed by atoms with Gasteiger partial charge in [-0.25, -0.2) is 13.2 Å². The molecule has 0 spiro atoms.